The van der Waals surface area contributed by atoms with E-state index in [-0.39, 0.29) is 0 Å². The summed E-state index contributed by atoms with van der Waals surface area (Å²) in [6.45, 7) is 6.43. The van der Waals surface area contributed by atoms with Gasteiger partial charge in [0.15, 0.2) is 0 Å². The third-order valence-electron chi connectivity index (χ3n) is 5.99. The summed E-state index contributed by atoms with van der Waals surface area (Å²) in [5, 5.41) is 0. The molecule has 0 aromatic heterocycles. The summed E-state index contributed by atoms with van der Waals surface area (Å²) in [6, 6.07) is 20.6. The van der Waals surface area contributed by atoms with E-state index in [2.05, 4.69) is 0 Å². The fourth-order valence-electron chi connectivity index (χ4n) is 4.37. The van der Waals surface area contributed by atoms with Gasteiger partial charge in [-0.05, 0) is 56.2 Å². The van der Waals surface area contributed by atoms with Crippen LogP contribution in [-0.4, -0.2) is 32.6 Å². The van der Waals surface area contributed by atoms with Crippen LogP contribution >= 0.6 is 0 Å². The molecule has 0 unspecified atom stereocenters. The number of rotatable bonds is 7. The van der Waals surface area contributed by atoms with E-state index < -0.39 is 11.8 Å². The van der Waals surface area contributed by atoms with Crippen molar-refractivity contribution in [2.45, 2.75) is 20.8 Å². The molecule has 0 saturated carbocycles. The highest BCUT2D eigenvalue weighted by molar-refractivity contribution is 6.46. The lowest BCUT2D eigenvalue weighted by molar-refractivity contribution is -0.120. The van der Waals surface area contributed by atoms with Crippen LogP contribution in [-0.2, 0) is 9.59 Å². The van der Waals surface area contributed by atoms with Crippen molar-refractivity contribution in [2.75, 3.05) is 30.6 Å². The largest absolute Gasteiger partial charge is 0.497 e. The number of carbonyl (C=O) groups is 2. The maximum Gasteiger partial charge on any atom is 0.282 e. The molecule has 1 aliphatic rings. The highest BCUT2D eigenvalue weighted by Crippen LogP contribution is 2.41. The number of carbonyl (C=O) groups excluding carboxylic acids is 2. The molecule has 2 amide bonds. The molecule has 6 nitrogen and oxygen atoms in total. The number of anilines is 2. The fourth-order valence-corrected chi connectivity index (χ4v) is 4.37. The molecule has 0 aliphatic carbocycles. The molecule has 0 atom stereocenters. The van der Waals surface area contributed by atoms with Gasteiger partial charge in [-0.2, -0.15) is 0 Å². The van der Waals surface area contributed by atoms with E-state index in [9.17, 15) is 9.59 Å². The lowest BCUT2D eigenvalue weighted by Crippen LogP contribution is -2.35. The van der Waals surface area contributed by atoms with Crippen molar-refractivity contribution in [3.63, 3.8) is 0 Å². The third-order valence-corrected chi connectivity index (χ3v) is 5.99. The summed E-state index contributed by atoms with van der Waals surface area (Å²) in [6.07, 6.45) is 0. The van der Waals surface area contributed by atoms with Crippen LogP contribution in [0.5, 0.6) is 11.5 Å². The number of hydrogen-bond donors (Lipinski definition) is 0. The van der Waals surface area contributed by atoms with Crippen molar-refractivity contribution in [3.05, 3.63) is 89.1 Å². The summed E-state index contributed by atoms with van der Waals surface area (Å²) >= 11 is 0. The number of methoxy groups -OCH3 is 2. The Bertz CT molecular complexity index is 1280. The zero-order valence-electron chi connectivity index (χ0n) is 20.1. The molecule has 4 rings (SSSR count). The van der Waals surface area contributed by atoms with Crippen molar-refractivity contribution in [1.82, 2.24) is 0 Å². The van der Waals surface area contributed by atoms with Gasteiger partial charge >= 0.3 is 0 Å². The fraction of sp³-hybridized carbons (Fsp3) is 0.214. The van der Waals surface area contributed by atoms with Crippen LogP contribution in [0.1, 0.15) is 23.6 Å². The number of amides is 2. The molecule has 174 valence electrons. The average molecular weight is 457 g/mol. The highest BCUT2D eigenvalue weighted by atomic mass is 16.5. The SMILES string of the molecule is CCN(C1=C(c2ccc(C)cc2C)C(=O)N(c2cc(OC)ccc2OC)C1=O)c1ccccc1. The van der Waals surface area contributed by atoms with E-state index in [1.807, 2.05) is 74.2 Å². The Hall–Kier alpha value is -4.06. The molecule has 0 fully saturated rings. The second kappa shape index (κ2) is 9.43. The van der Waals surface area contributed by atoms with Gasteiger partial charge in [0, 0.05) is 18.3 Å². The monoisotopic (exact) mass is 456 g/mol. The van der Waals surface area contributed by atoms with Gasteiger partial charge in [-0.3, -0.25) is 9.59 Å². The predicted octanol–water partition coefficient (Wildman–Crippen LogP) is 5.13. The third kappa shape index (κ3) is 3.92. The zero-order valence-corrected chi connectivity index (χ0v) is 20.1. The number of nitrogens with zero attached hydrogens (tertiary/aromatic N) is 2. The van der Waals surface area contributed by atoms with Crippen LogP contribution in [0.4, 0.5) is 11.4 Å². The van der Waals surface area contributed by atoms with E-state index in [4.69, 9.17) is 9.47 Å². The van der Waals surface area contributed by atoms with Crippen molar-refractivity contribution in [3.8, 4) is 11.5 Å². The Balaban J connectivity index is 1.97. The minimum absolute atomic E-state index is 0.343. The van der Waals surface area contributed by atoms with Crippen LogP contribution in [0.15, 0.2) is 72.4 Å². The van der Waals surface area contributed by atoms with E-state index >= 15 is 0 Å². The first-order valence-corrected chi connectivity index (χ1v) is 11.2. The number of ether oxygens (including phenoxy) is 2. The van der Waals surface area contributed by atoms with Gasteiger partial charge in [-0.15, -0.1) is 0 Å². The average Bonchev–Trinajstić information content (AvgIpc) is 3.09. The predicted molar refractivity (Wildman–Crippen MR) is 134 cm³/mol. The van der Waals surface area contributed by atoms with Crippen LogP contribution < -0.4 is 19.3 Å². The Kier molecular flexibility index (Phi) is 6.41. The molecule has 0 spiro atoms. The second-order valence-electron chi connectivity index (χ2n) is 8.11. The summed E-state index contributed by atoms with van der Waals surface area (Å²) < 4.78 is 10.9. The van der Waals surface area contributed by atoms with Gasteiger partial charge in [0.2, 0.25) is 0 Å². The number of likely N-dealkylation sites (N-methyl/N-ethyl adjacent to an activating group) is 1. The molecular weight excluding hydrogens is 428 g/mol. The van der Waals surface area contributed by atoms with Crippen LogP contribution in [0.3, 0.4) is 0 Å². The molecule has 3 aromatic carbocycles. The highest BCUT2D eigenvalue weighted by Gasteiger charge is 2.44. The van der Waals surface area contributed by atoms with Crippen molar-refractivity contribution in [2.24, 2.45) is 0 Å². The van der Waals surface area contributed by atoms with Crippen LogP contribution in [0.25, 0.3) is 5.57 Å². The molecule has 34 heavy (non-hydrogen) atoms. The van der Waals surface area contributed by atoms with E-state index in [1.54, 1.807) is 18.2 Å². The van der Waals surface area contributed by atoms with Crippen molar-refractivity contribution in [1.29, 1.82) is 0 Å². The molecule has 3 aromatic rings. The number of hydrogen-bond acceptors (Lipinski definition) is 5. The quantitative estimate of drug-likeness (QED) is 0.461. The summed E-state index contributed by atoms with van der Waals surface area (Å²) in [5.74, 6) is 0.130. The van der Waals surface area contributed by atoms with Gasteiger partial charge in [0.1, 0.15) is 17.2 Å². The minimum atomic E-state index is -0.405. The van der Waals surface area contributed by atoms with Gasteiger partial charge in [0.05, 0.1) is 25.5 Å². The summed E-state index contributed by atoms with van der Waals surface area (Å²) in [4.78, 5) is 31.1. The molecule has 0 N–H and O–H groups in total. The van der Waals surface area contributed by atoms with Crippen molar-refractivity contribution < 1.29 is 19.1 Å². The van der Waals surface area contributed by atoms with E-state index in [0.717, 1.165) is 22.4 Å². The molecule has 0 bridgehead atoms. The Morgan fingerprint density at radius 3 is 2.21 bits per heavy atom. The first kappa shape index (κ1) is 23.1. The summed E-state index contributed by atoms with van der Waals surface area (Å²) in [7, 11) is 3.05. The Labute approximate surface area is 200 Å². The molecule has 0 radical (unpaired) electrons. The van der Waals surface area contributed by atoms with E-state index in [0.29, 0.717) is 35.0 Å². The number of aryl methyl sites for hydroxylation is 2. The summed E-state index contributed by atoms with van der Waals surface area (Å²) in [5.41, 5.74) is 4.64. The van der Waals surface area contributed by atoms with Crippen LogP contribution in [0.2, 0.25) is 0 Å². The number of para-hydroxylation sites is 1. The Morgan fingerprint density at radius 1 is 0.853 bits per heavy atom. The minimum Gasteiger partial charge on any atom is -0.497 e. The number of benzene rings is 3. The molecular formula is C28H28N2O4. The van der Waals surface area contributed by atoms with Crippen LogP contribution in [0, 0.1) is 13.8 Å². The topological polar surface area (TPSA) is 59.1 Å². The smallest absolute Gasteiger partial charge is 0.282 e. The normalized spacial score (nSPS) is 13.5. The lowest BCUT2D eigenvalue weighted by Gasteiger charge is -2.25. The second-order valence-corrected chi connectivity index (χ2v) is 8.11. The number of imide groups is 1. The standard InChI is InChI=1S/C28H28N2O4/c1-6-29(20-10-8-7-9-11-20)26-25(22-14-12-18(2)16-19(22)3)27(31)30(28(26)32)23-17-21(33-4)13-15-24(23)34-5/h7-17H,6H2,1-5H3. The maximum atomic E-state index is 14.0. The lowest BCUT2D eigenvalue weighted by atomic mass is 9.97. The van der Waals surface area contributed by atoms with Crippen molar-refractivity contribution >= 4 is 28.8 Å². The molecule has 6 heteroatoms. The van der Waals surface area contributed by atoms with E-state index in [1.165, 1.54) is 19.1 Å². The van der Waals surface area contributed by atoms with Gasteiger partial charge < -0.3 is 14.4 Å². The van der Waals surface area contributed by atoms with Gasteiger partial charge in [0.25, 0.3) is 11.8 Å². The molecule has 1 aliphatic heterocycles. The molecule has 1 heterocycles. The molecule has 0 saturated heterocycles. The first-order chi connectivity index (χ1) is 16.4. The Morgan fingerprint density at radius 2 is 1.59 bits per heavy atom. The van der Waals surface area contributed by atoms with Gasteiger partial charge in [-0.1, -0.05) is 42.0 Å². The first-order valence-electron chi connectivity index (χ1n) is 11.2. The zero-order chi connectivity index (χ0) is 24.4. The maximum absolute atomic E-state index is 14.0. The van der Waals surface area contributed by atoms with Gasteiger partial charge in [-0.25, -0.2) is 4.90 Å².